The lowest BCUT2D eigenvalue weighted by atomic mass is 10.0. The van der Waals surface area contributed by atoms with Gasteiger partial charge >= 0.3 is 0 Å². The Morgan fingerprint density at radius 3 is 2.15 bits per heavy atom. The Kier molecular flexibility index (Phi) is 9.52. The van der Waals surface area contributed by atoms with Gasteiger partial charge in [0.25, 0.3) is 5.91 Å². The summed E-state index contributed by atoms with van der Waals surface area (Å²) in [7, 11) is 0. The molecule has 0 aliphatic heterocycles. The topological polar surface area (TPSA) is 76.7 Å². The molecule has 0 saturated heterocycles. The Bertz CT molecular complexity index is 1050. The summed E-state index contributed by atoms with van der Waals surface area (Å²) in [6.07, 6.45) is 0.806. The van der Waals surface area contributed by atoms with E-state index >= 15 is 0 Å². The number of nitrogens with one attached hydrogen (secondary N) is 2. The highest BCUT2D eigenvalue weighted by Crippen LogP contribution is 2.28. The number of amides is 2. The van der Waals surface area contributed by atoms with E-state index in [4.69, 9.17) is 9.47 Å². The normalized spacial score (nSPS) is 11.4. The Morgan fingerprint density at radius 1 is 0.824 bits per heavy atom. The predicted molar refractivity (Wildman–Crippen MR) is 133 cm³/mol. The van der Waals surface area contributed by atoms with Gasteiger partial charge in [-0.05, 0) is 55.7 Å². The molecule has 3 aromatic carbocycles. The fraction of sp³-hybridized carbons (Fsp3) is 0.286. The van der Waals surface area contributed by atoms with Crippen LogP contribution in [0.4, 0.5) is 0 Å². The van der Waals surface area contributed by atoms with Gasteiger partial charge in [-0.25, -0.2) is 0 Å². The molecule has 178 valence electrons. The van der Waals surface area contributed by atoms with Crippen molar-refractivity contribution >= 4 is 11.8 Å². The maximum absolute atomic E-state index is 12.7. The molecule has 0 radical (unpaired) electrons. The third kappa shape index (κ3) is 7.37. The summed E-state index contributed by atoms with van der Waals surface area (Å²) in [5.74, 6) is 1.09. The molecule has 3 aromatic rings. The Morgan fingerprint density at radius 2 is 1.47 bits per heavy atom. The van der Waals surface area contributed by atoms with E-state index in [0.29, 0.717) is 37.5 Å². The summed E-state index contributed by atoms with van der Waals surface area (Å²) >= 11 is 0. The molecule has 6 heteroatoms. The van der Waals surface area contributed by atoms with Gasteiger partial charge in [0, 0.05) is 12.1 Å². The van der Waals surface area contributed by atoms with Gasteiger partial charge < -0.3 is 20.1 Å². The number of hydrogen-bond donors (Lipinski definition) is 2. The first-order chi connectivity index (χ1) is 16.6. The van der Waals surface area contributed by atoms with Crippen LogP contribution in [-0.2, 0) is 11.2 Å². The van der Waals surface area contributed by atoms with Crippen molar-refractivity contribution in [3.8, 4) is 11.5 Å². The fourth-order valence-electron chi connectivity index (χ4n) is 3.62. The zero-order valence-electron chi connectivity index (χ0n) is 19.8. The summed E-state index contributed by atoms with van der Waals surface area (Å²) in [5.41, 5.74) is 2.49. The van der Waals surface area contributed by atoms with Crippen molar-refractivity contribution in [3.63, 3.8) is 0 Å². The fourth-order valence-corrected chi connectivity index (χ4v) is 3.62. The van der Waals surface area contributed by atoms with E-state index in [9.17, 15) is 9.59 Å². The molecule has 1 unspecified atom stereocenters. The van der Waals surface area contributed by atoms with Crippen molar-refractivity contribution < 1.29 is 19.1 Å². The van der Waals surface area contributed by atoms with E-state index in [1.54, 1.807) is 12.1 Å². The molecule has 0 spiro atoms. The van der Waals surface area contributed by atoms with Crippen LogP contribution in [-0.4, -0.2) is 31.6 Å². The van der Waals surface area contributed by atoms with E-state index in [-0.39, 0.29) is 18.2 Å². The number of rotatable bonds is 12. The molecule has 2 N–H and O–H groups in total. The zero-order valence-corrected chi connectivity index (χ0v) is 19.8. The molecule has 0 saturated carbocycles. The zero-order chi connectivity index (χ0) is 24.2. The Hall–Kier alpha value is -3.80. The average Bonchev–Trinajstić information content (AvgIpc) is 2.86. The molecule has 3 rings (SSSR count). The smallest absolute Gasteiger partial charge is 0.251 e. The predicted octanol–water partition coefficient (Wildman–Crippen LogP) is 4.70. The van der Waals surface area contributed by atoms with Crippen LogP contribution in [0.25, 0.3) is 0 Å². The van der Waals surface area contributed by atoms with E-state index in [0.717, 1.165) is 16.9 Å². The van der Waals surface area contributed by atoms with Crippen molar-refractivity contribution in [2.75, 3.05) is 19.8 Å². The second-order valence-corrected chi connectivity index (χ2v) is 7.75. The van der Waals surface area contributed by atoms with Crippen LogP contribution in [0.3, 0.4) is 0 Å². The van der Waals surface area contributed by atoms with Crippen LogP contribution < -0.4 is 20.1 Å². The van der Waals surface area contributed by atoms with Gasteiger partial charge in [0.1, 0.15) is 0 Å². The van der Waals surface area contributed by atoms with Crippen LogP contribution in [0.15, 0.2) is 78.9 Å². The van der Waals surface area contributed by atoms with E-state index in [1.165, 1.54) is 0 Å². The average molecular weight is 461 g/mol. The molecule has 6 nitrogen and oxygen atoms in total. The van der Waals surface area contributed by atoms with Crippen LogP contribution in [0, 0.1) is 0 Å². The second-order valence-electron chi connectivity index (χ2n) is 7.75. The number of benzene rings is 3. The van der Waals surface area contributed by atoms with Crippen LogP contribution in [0.1, 0.15) is 47.8 Å². The molecule has 1 atom stereocenters. The van der Waals surface area contributed by atoms with Gasteiger partial charge in [-0.2, -0.15) is 0 Å². The number of hydrogen-bond acceptors (Lipinski definition) is 4. The summed E-state index contributed by atoms with van der Waals surface area (Å²) in [6, 6.07) is 23.9. The Labute approximate surface area is 201 Å². The highest BCUT2D eigenvalue weighted by molar-refractivity contribution is 5.94. The maximum atomic E-state index is 12.7. The third-order valence-corrected chi connectivity index (χ3v) is 5.28. The lowest BCUT2D eigenvalue weighted by Crippen LogP contribution is -2.34. The highest BCUT2D eigenvalue weighted by Gasteiger charge is 2.19. The van der Waals surface area contributed by atoms with Crippen LogP contribution >= 0.6 is 0 Å². The molecule has 0 heterocycles. The van der Waals surface area contributed by atoms with E-state index < -0.39 is 6.04 Å². The minimum Gasteiger partial charge on any atom is -0.490 e. The van der Waals surface area contributed by atoms with E-state index in [2.05, 4.69) is 10.6 Å². The van der Waals surface area contributed by atoms with Gasteiger partial charge in [-0.1, -0.05) is 54.6 Å². The lowest BCUT2D eigenvalue weighted by Gasteiger charge is -2.19. The quantitative estimate of drug-likeness (QED) is 0.411. The maximum Gasteiger partial charge on any atom is 0.251 e. The van der Waals surface area contributed by atoms with Crippen LogP contribution in [0.5, 0.6) is 11.5 Å². The monoisotopic (exact) mass is 460 g/mol. The van der Waals surface area contributed by atoms with Gasteiger partial charge in [0.15, 0.2) is 11.5 Å². The number of carbonyl (C=O) groups excluding carboxylic acids is 2. The summed E-state index contributed by atoms with van der Waals surface area (Å²) in [6.45, 7) is 5.47. The van der Waals surface area contributed by atoms with Crippen molar-refractivity contribution in [1.82, 2.24) is 10.6 Å². The molecule has 34 heavy (non-hydrogen) atoms. The third-order valence-electron chi connectivity index (χ3n) is 5.28. The van der Waals surface area contributed by atoms with Crippen molar-refractivity contribution in [2.24, 2.45) is 0 Å². The Balaban J connectivity index is 1.59. The standard InChI is InChI=1S/C28H32N2O4/c1-3-33-25-16-15-21(19-26(25)34-4-2)17-18-29-27(31)20-24(22-11-7-5-8-12-22)30-28(32)23-13-9-6-10-14-23/h5-16,19,24H,3-4,17-18,20H2,1-2H3,(H,29,31)(H,30,32). The molecule has 2 amide bonds. The first kappa shape index (κ1) is 24.8. The highest BCUT2D eigenvalue weighted by atomic mass is 16.5. The molecular formula is C28H32N2O4. The first-order valence-electron chi connectivity index (χ1n) is 11.7. The molecular weight excluding hydrogens is 428 g/mol. The van der Waals surface area contributed by atoms with Crippen molar-refractivity contribution in [2.45, 2.75) is 32.7 Å². The van der Waals surface area contributed by atoms with Crippen molar-refractivity contribution in [1.29, 1.82) is 0 Å². The van der Waals surface area contributed by atoms with Gasteiger partial charge in [-0.15, -0.1) is 0 Å². The lowest BCUT2D eigenvalue weighted by molar-refractivity contribution is -0.121. The minimum atomic E-state index is -0.427. The molecule has 0 aliphatic carbocycles. The van der Waals surface area contributed by atoms with Crippen molar-refractivity contribution in [3.05, 3.63) is 95.6 Å². The van der Waals surface area contributed by atoms with Gasteiger partial charge in [0.2, 0.25) is 5.91 Å². The summed E-state index contributed by atoms with van der Waals surface area (Å²) < 4.78 is 11.3. The molecule has 0 bridgehead atoms. The SMILES string of the molecule is CCOc1ccc(CCNC(=O)CC(NC(=O)c2ccccc2)c2ccccc2)cc1OCC. The minimum absolute atomic E-state index is 0.127. The van der Waals surface area contributed by atoms with E-state index in [1.807, 2.05) is 80.6 Å². The first-order valence-corrected chi connectivity index (χ1v) is 11.7. The molecule has 0 aliphatic rings. The second kappa shape index (κ2) is 13.0. The summed E-state index contributed by atoms with van der Waals surface area (Å²) in [5, 5.41) is 5.97. The molecule has 0 fully saturated rings. The molecule has 0 aromatic heterocycles. The van der Waals surface area contributed by atoms with Gasteiger partial charge in [-0.3, -0.25) is 9.59 Å². The largest absolute Gasteiger partial charge is 0.490 e. The number of carbonyl (C=O) groups is 2. The van der Waals surface area contributed by atoms with Crippen LogP contribution in [0.2, 0.25) is 0 Å². The van der Waals surface area contributed by atoms with Gasteiger partial charge in [0.05, 0.1) is 25.7 Å². The summed E-state index contributed by atoms with van der Waals surface area (Å²) in [4.78, 5) is 25.4. The number of ether oxygens (including phenoxy) is 2.